The summed E-state index contributed by atoms with van der Waals surface area (Å²) in [6.45, 7) is 3.85. The lowest BCUT2D eigenvalue weighted by molar-refractivity contribution is -0.129. The molecule has 1 aromatic heterocycles. The molecule has 1 amide bonds. The van der Waals surface area contributed by atoms with E-state index in [1.54, 1.807) is 19.2 Å². The molecule has 1 aromatic carbocycles. The van der Waals surface area contributed by atoms with Gasteiger partial charge in [0.25, 0.3) is 0 Å². The Labute approximate surface area is 136 Å². The maximum Gasteiger partial charge on any atom is 0.226 e. The number of benzene rings is 1. The molecule has 1 atom stereocenters. The SMILES string of the molecule is COc1ccccc1CC(C)(C)C(=O)NCC(O)c1ccco1. The van der Waals surface area contributed by atoms with E-state index >= 15 is 0 Å². The van der Waals surface area contributed by atoms with Crippen molar-refractivity contribution in [3.8, 4) is 5.75 Å². The number of hydrogen-bond donors (Lipinski definition) is 2. The quantitative estimate of drug-likeness (QED) is 0.823. The number of amides is 1. The van der Waals surface area contributed by atoms with Crippen LogP contribution in [0.4, 0.5) is 0 Å². The molecule has 0 radical (unpaired) electrons. The number of carbonyl (C=O) groups is 1. The van der Waals surface area contributed by atoms with Crippen molar-refractivity contribution in [2.45, 2.75) is 26.4 Å². The maximum atomic E-state index is 12.4. The first-order chi connectivity index (χ1) is 10.9. The monoisotopic (exact) mass is 317 g/mol. The first-order valence-corrected chi connectivity index (χ1v) is 7.55. The van der Waals surface area contributed by atoms with Crippen LogP contribution in [0.5, 0.6) is 5.75 Å². The van der Waals surface area contributed by atoms with Gasteiger partial charge in [-0.1, -0.05) is 32.0 Å². The summed E-state index contributed by atoms with van der Waals surface area (Å²) in [5.74, 6) is 1.07. The highest BCUT2D eigenvalue weighted by Crippen LogP contribution is 2.28. The van der Waals surface area contributed by atoms with Gasteiger partial charge >= 0.3 is 0 Å². The van der Waals surface area contributed by atoms with Gasteiger partial charge in [0.2, 0.25) is 5.91 Å². The number of ether oxygens (including phenoxy) is 1. The van der Waals surface area contributed by atoms with Gasteiger partial charge in [0, 0.05) is 5.41 Å². The summed E-state index contributed by atoms with van der Waals surface area (Å²) in [5, 5.41) is 12.7. The summed E-state index contributed by atoms with van der Waals surface area (Å²) in [6.07, 6.45) is 1.18. The van der Waals surface area contributed by atoms with Gasteiger partial charge in [-0.25, -0.2) is 0 Å². The van der Waals surface area contributed by atoms with Gasteiger partial charge in [0.1, 0.15) is 17.6 Å². The Morgan fingerprint density at radius 2 is 2.04 bits per heavy atom. The van der Waals surface area contributed by atoms with E-state index in [-0.39, 0.29) is 12.5 Å². The number of hydrogen-bond acceptors (Lipinski definition) is 4. The summed E-state index contributed by atoms with van der Waals surface area (Å²) in [4.78, 5) is 12.4. The van der Waals surface area contributed by atoms with E-state index in [4.69, 9.17) is 9.15 Å². The van der Waals surface area contributed by atoms with Crippen molar-refractivity contribution in [1.82, 2.24) is 5.32 Å². The molecule has 0 saturated heterocycles. The predicted molar refractivity (Wildman–Crippen MR) is 87.2 cm³/mol. The topological polar surface area (TPSA) is 71.7 Å². The van der Waals surface area contributed by atoms with Crippen molar-refractivity contribution in [3.05, 3.63) is 54.0 Å². The highest BCUT2D eigenvalue weighted by molar-refractivity contribution is 5.82. The molecule has 2 aromatic rings. The first kappa shape index (κ1) is 17.1. The summed E-state index contributed by atoms with van der Waals surface area (Å²) in [6, 6.07) is 11.0. The second-order valence-electron chi connectivity index (χ2n) is 6.11. The molecule has 0 saturated carbocycles. The van der Waals surface area contributed by atoms with Gasteiger partial charge in [-0.3, -0.25) is 4.79 Å². The summed E-state index contributed by atoms with van der Waals surface area (Å²) < 4.78 is 10.5. The number of nitrogens with one attached hydrogen (secondary N) is 1. The van der Waals surface area contributed by atoms with E-state index in [1.807, 2.05) is 38.1 Å². The number of furan rings is 1. The molecule has 0 aliphatic rings. The van der Waals surface area contributed by atoms with E-state index in [0.29, 0.717) is 12.2 Å². The lowest BCUT2D eigenvalue weighted by atomic mass is 9.84. The van der Waals surface area contributed by atoms with Crippen molar-refractivity contribution in [2.24, 2.45) is 5.41 Å². The lowest BCUT2D eigenvalue weighted by Crippen LogP contribution is -2.40. The predicted octanol–water partition coefficient (Wildman–Crippen LogP) is 2.71. The van der Waals surface area contributed by atoms with Gasteiger partial charge in [-0.05, 0) is 30.2 Å². The molecule has 0 aliphatic carbocycles. The Morgan fingerprint density at radius 3 is 2.70 bits per heavy atom. The van der Waals surface area contributed by atoms with Crippen LogP contribution in [-0.4, -0.2) is 24.7 Å². The molecule has 23 heavy (non-hydrogen) atoms. The first-order valence-electron chi connectivity index (χ1n) is 7.55. The number of carbonyl (C=O) groups excluding carboxylic acids is 1. The van der Waals surface area contributed by atoms with E-state index in [2.05, 4.69) is 5.32 Å². The Hall–Kier alpha value is -2.27. The number of aliphatic hydroxyl groups excluding tert-OH is 1. The molecule has 124 valence electrons. The molecule has 5 heteroatoms. The van der Waals surface area contributed by atoms with Crippen LogP contribution in [-0.2, 0) is 11.2 Å². The van der Waals surface area contributed by atoms with E-state index in [9.17, 15) is 9.90 Å². The van der Waals surface area contributed by atoms with Crippen LogP contribution >= 0.6 is 0 Å². The molecule has 2 rings (SSSR count). The van der Waals surface area contributed by atoms with Gasteiger partial charge in [-0.2, -0.15) is 0 Å². The van der Waals surface area contributed by atoms with Crippen molar-refractivity contribution >= 4 is 5.91 Å². The highest BCUT2D eigenvalue weighted by Gasteiger charge is 2.29. The summed E-state index contributed by atoms with van der Waals surface area (Å²) >= 11 is 0. The van der Waals surface area contributed by atoms with Crippen LogP contribution in [0.15, 0.2) is 47.1 Å². The standard InChI is InChI=1S/C18H23NO4/c1-18(2,11-13-7-4-5-8-15(13)22-3)17(21)19-12-14(20)16-9-6-10-23-16/h4-10,14,20H,11-12H2,1-3H3,(H,19,21). The van der Waals surface area contributed by atoms with Crippen LogP contribution in [0.25, 0.3) is 0 Å². The summed E-state index contributed by atoms with van der Waals surface area (Å²) in [5.41, 5.74) is 0.346. The van der Waals surface area contributed by atoms with Gasteiger partial charge in [0.15, 0.2) is 0 Å². The van der Waals surface area contributed by atoms with Crippen LogP contribution in [0.3, 0.4) is 0 Å². The number of para-hydroxylation sites is 1. The van der Waals surface area contributed by atoms with Gasteiger partial charge < -0.3 is 19.6 Å². The minimum atomic E-state index is -0.851. The zero-order valence-electron chi connectivity index (χ0n) is 13.7. The minimum Gasteiger partial charge on any atom is -0.496 e. The van der Waals surface area contributed by atoms with Crippen molar-refractivity contribution in [2.75, 3.05) is 13.7 Å². The van der Waals surface area contributed by atoms with Crippen LogP contribution < -0.4 is 10.1 Å². The van der Waals surface area contributed by atoms with Crippen LogP contribution in [0.1, 0.15) is 31.3 Å². The van der Waals surface area contributed by atoms with Crippen LogP contribution in [0.2, 0.25) is 0 Å². The normalized spacial score (nSPS) is 12.7. The molecule has 0 bridgehead atoms. The molecular formula is C18H23NO4. The zero-order valence-corrected chi connectivity index (χ0v) is 13.7. The second-order valence-corrected chi connectivity index (χ2v) is 6.11. The van der Waals surface area contributed by atoms with E-state index in [0.717, 1.165) is 11.3 Å². The third kappa shape index (κ3) is 4.36. The fourth-order valence-corrected chi connectivity index (χ4v) is 2.42. The van der Waals surface area contributed by atoms with Crippen molar-refractivity contribution < 1.29 is 19.1 Å². The Balaban J connectivity index is 1.97. The molecule has 5 nitrogen and oxygen atoms in total. The summed E-state index contributed by atoms with van der Waals surface area (Å²) in [7, 11) is 1.62. The molecule has 0 aliphatic heterocycles. The lowest BCUT2D eigenvalue weighted by Gasteiger charge is -2.25. The van der Waals surface area contributed by atoms with Gasteiger partial charge in [-0.15, -0.1) is 0 Å². The highest BCUT2D eigenvalue weighted by atomic mass is 16.5. The number of methoxy groups -OCH3 is 1. The Kier molecular flexibility index (Phi) is 5.45. The van der Waals surface area contributed by atoms with Crippen LogP contribution in [0, 0.1) is 5.41 Å². The Bertz CT molecular complexity index is 634. The third-order valence-corrected chi connectivity index (χ3v) is 3.77. The maximum absolute atomic E-state index is 12.4. The second kappa shape index (κ2) is 7.33. The molecule has 2 N–H and O–H groups in total. The van der Waals surface area contributed by atoms with Crippen molar-refractivity contribution in [1.29, 1.82) is 0 Å². The van der Waals surface area contributed by atoms with E-state index in [1.165, 1.54) is 6.26 Å². The van der Waals surface area contributed by atoms with E-state index < -0.39 is 11.5 Å². The number of aliphatic hydroxyl groups is 1. The van der Waals surface area contributed by atoms with Gasteiger partial charge in [0.05, 0.1) is 19.9 Å². The fourth-order valence-electron chi connectivity index (χ4n) is 2.42. The smallest absolute Gasteiger partial charge is 0.226 e. The fraction of sp³-hybridized carbons (Fsp3) is 0.389. The molecule has 1 heterocycles. The zero-order chi connectivity index (χ0) is 16.9. The molecule has 1 unspecified atom stereocenters. The largest absolute Gasteiger partial charge is 0.496 e. The average Bonchev–Trinajstić information content (AvgIpc) is 3.07. The van der Waals surface area contributed by atoms with Crippen molar-refractivity contribution in [3.63, 3.8) is 0 Å². The molecule has 0 fully saturated rings. The Morgan fingerprint density at radius 1 is 1.30 bits per heavy atom. The molecular weight excluding hydrogens is 294 g/mol. The minimum absolute atomic E-state index is 0.113. The third-order valence-electron chi connectivity index (χ3n) is 3.77. The molecule has 0 spiro atoms. The average molecular weight is 317 g/mol. The number of rotatable bonds is 7.